The van der Waals surface area contributed by atoms with Gasteiger partial charge in [0.05, 0.1) is 39.6 Å². The van der Waals surface area contributed by atoms with Gasteiger partial charge >= 0.3 is 0 Å². The van der Waals surface area contributed by atoms with Crippen LogP contribution in [-0.2, 0) is 21.7 Å². The molecule has 0 spiro atoms. The Morgan fingerprint density at radius 3 is 1.87 bits per heavy atom. The first-order chi connectivity index (χ1) is 29.7. The third-order valence-corrected chi connectivity index (χ3v) is 12.3. The van der Waals surface area contributed by atoms with Crippen molar-refractivity contribution < 1.29 is 9.30 Å². The quantitative estimate of drug-likeness (QED) is 0.124. The molecule has 9 rings (SSSR count). The van der Waals surface area contributed by atoms with Gasteiger partial charge in [0.25, 0.3) is 6.33 Å². The number of benzene rings is 5. The van der Waals surface area contributed by atoms with E-state index in [0.717, 1.165) is 50.0 Å². The number of rotatable bonds is 6. The summed E-state index contributed by atoms with van der Waals surface area (Å²) in [7, 11) is 0. The molecular weight excluding hydrogens is 771 g/mol. The molecule has 0 bridgehead atoms. The highest BCUT2D eigenvalue weighted by molar-refractivity contribution is 6.10. The van der Waals surface area contributed by atoms with Gasteiger partial charge in [0, 0.05) is 29.2 Å². The highest BCUT2D eigenvalue weighted by atomic mass is 16.5. The van der Waals surface area contributed by atoms with Crippen LogP contribution in [0.3, 0.4) is 0 Å². The number of aromatic nitrogens is 5. The number of nitrogens with zero attached hydrogens (tertiary/aromatic N) is 5. The molecule has 5 aromatic carbocycles. The number of ether oxygens (including phenoxy) is 1. The smallest absolute Gasteiger partial charge is 0.269 e. The zero-order valence-corrected chi connectivity index (χ0v) is 38.9. The number of hydrogen-bond acceptors (Lipinski definition) is 3. The second-order valence-corrected chi connectivity index (χ2v) is 21.2. The van der Waals surface area contributed by atoms with Crippen LogP contribution in [-0.4, -0.2) is 19.1 Å². The second-order valence-electron chi connectivity index (χ2n) is 21.2. The normalized spacial score (nSPS) is 12.8. The Hall–Kier alpha value is -6.53. The van der Waals surface area contributed by atoms with Crippen LogP contribution in [0, 0.1) is 6.33 Å². The highest BCUT2D eigenvalue weighted by Gasteiger charge is 2.24. The number of imidazole rings is 1. The minimum absolute atomic E-state index is 0.0284. The molecule has 6 heteroatoms. The van der Waals surface area contributed by atoms with Gasteiger partial charge in [-0.1, -0.05) is 138 Å². The van der Waals surface area contributed by atoms with Crippen molar-refractivity contribution in [1.29, 1.82) is 0 Å². The van der Waals surface area contributed by atoms with Crippen LogP contribution < -0.4 is 9.30 Å². The Kier molecular flexibility index (Phi) is 10.0. The van der Waals surface area contributed by atoms with Gasteiger partial charge in [-0.15, -0.1) is 0 Å². The maximum atomic E-state index is 6.76. The molecule has 0 unspecified atom stereocenters. The van der Waals surface area contributed by atoms with Crippen LogP contribution in [0.5, 0.6) is 11.5 Å². The fraction of sp³-hybridized carbons (Fsp3) is 0.281. The first kappa shape index (κ1) is 41.8. The van der Waals surface area contributed by atoms with Crippen LogP contribution in [0.25, 0.3) is 61.2 Å². The molecule has 4 aromatic heterocycles. The van der Waals surface area contributed by atoms with E-state index in [0.29, 0.717) is 11.5 Å². The Labute approximate surface area is 372 Å². The lowest BCUT2D eigenvalue weighted by atomic mass is 9.80. The number of hydrogen-bond donors (Lipinski definition) is 0. The van der Waals surface area contributed by atoms with Crippen LogP contribution in [0.1, 0.15) is 105 Å². The number of fused-ring (bicyclic) bond motifs is 4. The largest absolute Gasteiger partial charge is 0.456 e. The summed E-state index contributed by atoms with van der Waals surface area (Å²) in [5.41, 5.74) is 13.4. The maximum Gasteiger partial charge on any atom is 0.269 e. The summed E-state index contributed by atoms with van der Waals surface area (Å²) in [6, 6.07) is 43.8. The molecule has 0 fully saturated rings. The minimum Gasteiger partial charge on any atom is -0.456 e. The van der Waals surface area contributed by atoms with Crippen molar-refractivity contribution in [2.45, 2.75) is 105 Å². The summed E-state index contributed by atoms with van der Waals surface area (Å²) in [5.74, 6) is 2.21. The molecule has 0 N–H and O–H groups in total. The van der Waals surface area contributed by atoms with E-state index >= 15 is 0 Å². The topological polar surface area (TPSA) is 48.8 Å². The van der Waals surface area contributed by atoms with E-state index < -0.39 is 0 Å². The second kappa shape index (κ2) is 15.1. The van der Waals surface area contributed by atoms with Crippen molar-refractivity contribution in [2.24, 2.45) is 0 Å². The molecule has 0 radical (unpaired) electrons. The maximum absolute atomic E-state index is 6.76. The van der Waals surface area contributed by atoms with Crippen molar-refractivity contribution in [3.63, 3.8) is 0 Å². The van der Waals surface area contributed by atoms with Gasteiger partial charge in [-0.25, -0.2) is 4.98 Å². The minimum atomic E-state index is -0.0449. The SMILES string of the molecule is CC(C)(C)c1cc(-[n+]2[c-]n(-c3cncc(Oc4ccc5c6cc(-c7ccccc7)ccc6n(-c6cc(C(C)(C)C)ccn6)c5c4)c3)c3cc(C(C)(C)C)ccc32)cc(C(C)(C)C)c1. The Morgan fingerprint density at radius 2 is 1.19 bits per heavy atom. The lowest BCUT2D eigenvalue weighted by Crippen LogP contribution is -2.31. The standard InChI is InChI=1S/C57H59N5O/c1-54(2,3)39-19-23-50-52(30-39)61(36-60(50)43-28-41(56(7,8)9)27-42(29-43)57(10,11)12)44-32-46(35-58-34-44)63-45-20-21-47-48-26-38(37-16-14-13-15-17-37)18-22-49(48)62(51(47)33-45)53-31-40(24-25-59-53)55(4,5)6/h13-35H,1-12H3. The summed E-state index contributed by atoms with van der Waals surface area (Å²) in [5, 5.41) is 2.29. The predicted octanol–water partition coefficient (Wildman–Crippen LogP) is 14.2. The third kappa shape index (κ3) is 8.04. The van der Waals surface area contributed by atoms with Gasteiger partial charge in [-0.3, -0.25) is 18.7 Å². The molecule has 0 atom stereocenters. The molecule has 9 aromatic rings. The summed E-state index contributed by atoms with van der Waals surface area (Å²) >= 11 is 0. The Bertz CT molecular complexity index is 3140. The molecular formula is C57H59N5O. The van der Waals surface area contributed by atoms with Crippen molar-refractivity contribution >= 4 is 32.8 Å². The summed E-state index contributed by atoms with van der Waals surface area (Å²) in [6.45, 7) is 27.2. The molecule has 0 aliphatic heterocycles. The van der Waals surface area contributed by atoms with Gasteiger partial charge in [-0.05, 0) is 116 Å². The zero-order valence-electron chi connectivity index (χ0n) is 38.9. The Morgan fingerprint density at radius 1 is 0.508 bits per heavy atom. The van der Waals surface area contributed by atoms with E-state index in [1.165, 1.54) is 33.4 Å². The van der Waals surface area contributed by atoms with Crippen molar-refractivity contribution in [3.8, 4) is 39.8 Å². The lowest BCUT2D eigenvalue weighted by molar-refractivity contribution is -0.572. The van der Waals surface area contributed by atoms with Crippen molar-refractivity contribution in [3.05, 3.63) is 168 Å². The average Bonchev–Trinajstić information content (AvgIpc) is 3.78. The Balaban J connectivity index is 1.17. The zero-order chi connectivity index (χ0) is 44.6. The van der Waals surface area contributed by atoms with Crippen LogP contribution in [0.15, 0.2) is 140 Å². The number of pyridine rings is 2. The van der Waals surface area contributed by atoms with Gasteiger partial charge in [0.15, 0.2) is 0 Å². The van der Waals surface area contributed by atoms with Gasteiger partial charge < -0.3 is 4.74 Å². The molecule has 63 heavy (non-hydrogen) atoms. The summed E-state index contributed by atoms with van der Waals surface area (Å²) in [6.07, 6.45) is 9.37. The van der Waals surface area contributed by atoms with E-state index in [1.807, 2.05) is 12.4 Å². The predicted molar refractivity (Wildman–Crippen MR) is 260 cm³/mol. The van der Waals surface area contributed by atoms with E-state index in [4.69, 9.17) is 14.7 Å². The first-order valence-electron chi connectivity index (χ1n) is 22.1. The summed E-state index contributed by atoms with van der Waals surface area (Å²) in [4.78, 5) is 9.70. The van der Waals surface area contributed by atoms with Gasteiger partial charge in [0.1, 0.15) is 17.3 Å². The molecule has 0 aliphatic carbocycles. The van der Waals surface area contributed by atoms with Crippen molar-refractivity contribution in [2.75, 3.05) is 0 Å². The molecule has 0 amide bonds. The van der Waals surface area contributed by atoms with E-state index in [-0.39, 0.29) is 21.7 Å². The summed E-state index contributed by atoms with van der Waals surface area (Å²) < 4.78 is 13.4. The fourth-order valence-electron chi connectivity index (χ4n) is 8.42. The molecule has 0 aliphatic rings. The van der Waals surface area contributed by atoms with Crippen molar-refractivity contribution in [1.82, 2.24) is 19.1 Å². The fourth-order valence-corrected chi connectivity index (χ4v) is 8.42. The lowest BCUT2D eigenvalue weighted by Gasteiger charge is -2.26. The first-order valence-corrected chi connectivity index (χ1v) is 22.1. The molecule has 318 valence electrons. The molecule has 0 saturated carbocycles. The molecule has 0 saturated heterocycles. The van der Waals surface area contributed by atoms with Gasteiger partial charge in [0.2, 0.25) is 0 Å². The molecule has 6 nitrogen and oxygen atoms in total. The van der Waals surface area contributed by atoms with E-state index in [2.05, 4.69) is 224 Å². The van der Waals surface area contributed by atoms with E-state index in [9.17, 15) is 0 Å². The van der Waals surface area contributed by atoms with Crippen LogP contribution in [0.2, 0.25) is 0 Å². The van der Waals surface area contributed by atoms with Crippen LogP contribution >= 0.6 is 0 Å². The molecule has 4 heterocycles. The van der Waals surface area contributed by atoms with Crippen LogP contribution in [0.4, 0.5) is 0 Å². The third-order valence-electron chi connectivity index (χ3n) is 12.3. The monoisotopic (exact) mass is 829 g/mol. The van der Waals surface area contributed by atoms with E-state index in [1.54, 1.807) is 6.20 Å². The highest BCUT2D eigenvalue weighted by Crippen LogP contribution is 2.39. The average molecular weight is 830 g/mol. The van der Waals surface area contributed by atoms with Gasteiger partial charge in [-0.2, -0.15) is 0 Å².